The van der Waals surface area contributed by atoms with Crippen molar-refractivity contribution in [2.45, 2.75) is 52.2 Å². The van der Waals surface area contributed by atoms with Gasteiger partial charge in [-0.05, 0) is 45.4 Å². The molecular formula is C13H23NO4. The third kappa shape index (κ3) is 4.55. The highest BCUT2D eigenvalue weighted by molar-refractivity contribution is 5.81. The van der Waals surface area contributed by atoms with Crippen molar-refractivity contribution in [1.82, 2.24) is 5.32 Å². The van der Waals surface area contributed by atoms with E-state index in [2.05, 4.69) is 5.32 Å². The van der Waals surface area contributed by atoms with Crippen LogP contribution in [0, 0.1) is 11.8 Å². The van der Waals surface area contributed by atoms with Gasteiger partial charge in [0.05, 0.1) is 7.11 Å². The van der Waals surface area contributed by atoms with E-state index in [0.29, 0.717) is 5.92 Å². The molecule has 1 unspecified atom stereocenters. The molecule has 0 heterocycles. The Morgan fingerprint density at radius 1 is 1.28 bits per heavy atom. The lowest BCUT2D eigenvalue weighted by Gasteiger charge is -2.25. The second-order valence-corrected chi connectivity index (χ2v) is 5.84. The van der Waals surface area contributed by atoms with Crippen molar-refractivity contribution in [3.05, 3.63) is 0 Å². The number of hydrogen-bond acceptors (Lipinski definition) is 4. The first-order valence-corrected chi connectivity index (χ1v) is 6.32. The fraction of sp³-hybridized carbons (Fsp3) is 0.846. The maximum absolute atomic E-state index is 11.7. The maximum atomic E-state index is 11.7. The summed E-state index contributed by atoms with van der Waals surface area (Å²) in [5.41, 5.74) is -0.576. The summed E-state index contributed by atoms with van der Waals surface area (Å²) in [4.78, 5) is 23.4. The number of esters is 1. The Hall–Kier alpha value is -1.26. The van der Waals surface area contributed by atoms with Crippen LogP contribution in [-0.4, -0.2) is 30.8 Å². The zero-order chi connectivity index (χ0) is 13.9. The zero-order valence-corrected chi connectivity index (χ0v) is 11.8. The monoisotopic (exact) mass is 257 g/mol. The third-order valence-electron chi connectivity index (χ3n) is 3.02. The molecule has 5 heteroatoms. The van der Waals surface area contributed by atoms with Crippen LogP contribution in [0.25, 0.3) is 0 Å². The van der Waals surface area contributed by atoms with Gasteiger partial charge in [-0.2, -0.15) is 0 Å². The quantitative estimate of drug-likeness (QED) is 0.783. The predicted octanol–water partition coefficient (Wildman–Crippen LogP) is 2.10. The molecule has 1 aliphatic carbocycles. The predicted molar refractivity (Wildman–Crippen MR) is 67.1 cm³/mol. The Kier molecular flexibility index (Phi) is 4.59. The lowest BCUT2D eigenvalue weighted by atomic mass is 9.97. The molecule has 1 aliphatic rings. The number of methoxy groups -OCH3 is 1. The minimum absolute atomic E-state index is 0.0740. The van der Waals surface area contributed by atoms with Gasteiger partial charge in [0.15, 0.2) is 0 Å². The number of ether oxygens (including phenoxy) is 2. The van der Waals surface area contributed by atoms with Crippen molar-refractivity contribution in [3.63, 3.8) is 0 Å². The Labute approximate surface area is 108 Å². The Bertz CT molecular complexity index is 317. The van der Waals surface area contributed by atoms with E-state index in [1.807, 2.05) is 6.92 Å². The fourth-order valence-corrected chi connectivity index (χ4v) is 1.86. The minimum atomic E-state index is -0.627. The fourth-order valence-electron chi connectivity index (χ4n) is 1.86. The Morgan fingerprint density at radius 3 is 2.22 bits per heavy atom. The molecule has 0 radical (unpaired) electrons. The molecular weight excluding hydrogens is 234 g/mol. The molecule has 0 aliphatic heterocycles. The summed E-state index contributed by atoms with van der Waals surface area (Å²) in [5.74, 6) is 0.147. The van der Waals surface area contributed by atoms with Crippen molar-refractivity contribution in [3.8, 4) is 0 Å². The summed E-state index contributed by atoms with van der Waals surface area (Å²) in [7, 11) is 1.33. The normalized spacial score (nSPS) is 18.7. The van der Waals surface area contributed by atoms with Crippen molar-refractivity contribution in [1.29, 1.82) is 0 Å². The van der Waals surface area contributed by atoms with Crippen LogP contribution in [0.1, 0.15) is 40.5 Å². The molecule has 1 amide bonds. The van der Waals surface area contributed by atoms with Crippen LogP contribution in [0.15, 0.2) is 0 Å². The average molecular weight is 257 g/mol. The standard InChI is InChI=1S/C13H23NO4/c1-8(9-6-7-9)10(11(15)17-5)14-12(16)18-13(2,3)4/h8-10H,6-7H2,1-5H3,(H,14,16)/t8?,10-/m0/s1. The van der Waals surface area contributed by atoms with Crippen LogP contribution in [0.5, 0.6) is 0 Å². The van der Waals surface area contributed by atoms with E-state index in [1.165, 1.54) is 7.11 Å². The Morgan fingerprint density at radius 2 is 1.83 bits per heavy atom. The van der Waals surface area contributed by atoms with Gasteiger partial charge in [-0.25, -0.2) is 9.59 Å². The highest BCUT2D eigenvalue weighted by Crippen LogP contribution is 2.38. The summed E-state index contributed by atoms with van der Waals surface area (Å²) in [6.45, 7) is 7.30. The van der Waals surface area contributed by atoms with Gasteiger partial charge in [0.25, 0.3) is 0 Å². The third-order valence-corrected chi connectivity index (χ3v) is 3.02. The second-order valence-electron chi connectivity index (χ2n) is 5.84. The first-order valence-electron chi connectivity index (χ1n) is 6.32. The second kappa shape index (κ2) is 5.59. The molecule has 1 saturated carbocycles. The lowest BCUT2D eigenvalue weighted by Crippen LogP contribution is -2.48. The van der Waals surface area contributed by atoms with Gasteiger partial charge in [0.2, 0.25) is 0 Å². The molecule has 1 rings (SSSR count). The molecule has 0 spiro atoms. The van der Waals surface area contributed by atoms with Gasteiger partial charge in [-0.15, -0.1) is 0 Å². The van der Waals surface area contributed by atoms with E-state index in [-0.39, 0.29) is 5.92 Å². The topological polar surface area (TPSA) is 64.6 Å². The molecule has 0 bridgehead atoms. The van der Waals surface area contributed by atoms with E-state index >= 15 is 0 Å². The van der Waals surface area contributed by atoms with E-state index in [0.717, 1.165) is 12.8 Å². The van der Waals surface area contributed by atoms with Gasteiger partial charge in [-0.3, -0.25) is 0 Å². The number of hydrogen-bond donors (Lipinski definition) is 1. The van der Waals surface area contributed by atoms with E-state index in [1.54, 1.807) is 20.8 Å². The van der Waals surface area contributed by atoms with Crippen LogP contribution in [-0.2, 0) is 14.3 Å². The Balaban J connectivity index is 2.60. The number of amides is 1. The van der Waals surface area contributed by atoms with Gasteiger partial charge in [-0.1, -0.05) is 6.92 Å². The first kappa shape index (κ1) is 14.8. The number of carbonyl (C=O) groups excluding carboxylic acids is 2. The number of rotatable bonds is 4. The molecule has 104 valence electrons. The number of nitrogens with one attached hydrogen (secondary N) is 1. The van der Waals surface area contributed by atoms with Crippen molar-refractivity contribution in [2.24, 2.45) is 11.8 Å². The molecule has 0 aromatic rings. The average Bonchev–Trinajstić information content (AvgIpc) is 3.05. The van der Waals surface area contributed by atoms with Gasteiger partial charge >= 0.3 is 12.1 Å². The van der Waals surface area contributed by atoms with E-state index < -0.39 is 23.7 Å². The SMILES string of the molecule is COC(=O)[C@@H](NC(=O)OC(C)(C)C)C(C)C1CC1. The smallest absolute Gasteiger partial charge is 0.408 e. The summed E-state index contributed by atoms with van der Waals surface area (Å²) in [6.07, 6.45) is 1.63. The van der Waals surface area contributed by atoms with Crippen molar-refractivity contribution < 1.29 is 19.1 Å². The molecule has 0 saturated heterocycles. The molecule has 2 atom stereocenters. The zero-order valence-electron chi connectivity index (χ0n) is 11.8. The van der Waals surface area contributed by atoms with Crippen LogP contribution in [0.2, 0.25) is 0 Å². The molecule has 0 aromatic carbocycles. The molecule has 1 fully saturated rings. The van der Waals surface area contributed by atoms with Crippen LogP contribution in [0.3, 0.4) is 0 Å². The van der Waals surface area contributed by atoms with Crippen molar-refractivity contribution >= 4 is 12.1 Å². The van der Waals surface area contributed by atoms with Crippen LogP contribution < -0.4 is 5.32 Å². The number of alkyl carbamates (subject to hydrolysis) is 1. The lowest BCUT2D eigenvalue weighted by molar-refractivity contribution is -0.144. The largest absolute Gasteiger partial charge is 0.467 e. The highest BCUT2D eigenvalue weighted by Gasteiger charge is 2.38. The number of carbonyl (C=O) groups is 2. The maximum Gasteiger partial charge on any atom is 0.408 e. The minimum Gasteiger partial charge on any atom is -0.467 e. The molecule has 0 aromatic heterocycles. The molecule has 5 nitrogen and oxygen atoms in total. The van der Waals surface area contributed by atoms with Gasteiger partial charge in [0.1, 0.15) is 11.6 Å². The van der Waals surface area contributed by atoms with Crippen molar-refractivity contribution in [2.75, 3.05) is 7.11 Å². The van der Waals surface area contributed by atoms with Crippen LogP contribution in [0.4, 0.5) is 4.79 Å². The first-order chi connectivity index (χ1) is 8.24. The van der Waals surface area contributed by atoms with Crippen LogP contribution >= 0.6 is 0 Å². The van der Waals surface area contributed by atoms with Gasteiger partial charge in [0, 0.05) is 0 Å². The van der Waals surface area contributed by atoms with E-state index in [9.17, 15) is 9.59 Å². The van der Waals surface area contributed by atoms with E-state index in [4.69, 9.17) is 9.47 Å². The highest BCUT2D eigenvalue weighted by atomic mass is 16.6. The summed E-state index contributed by atoms with van der Waals surface area (Å²) < 4.78 is 9.89. The summed E-state index contributed by atoms with van der Waals surface area (Å²) >= 11 is 0. The summed E-state index contributed by atoms with van der Waals surface area (Å²) in [6, 6.07) is -0.627. The molecule has 1 N–H and O–H groups in total. The molecule has 18 heavy (non-hydrogen) atoms. The van der Waals surface area contributed by atoms with Gasteiger partial charge < -0.3 is 14.8 Å². The summed E-state index contributed by atoms with van der Waals surface area (Å²) in [5, 5.41) is 2.61.